The number of fused-ring (bicyclic) bond motifs is 1. The number of pyridine rings is 3. The number of nitrogens with one attached hydrogen (secondary N) is 1. The highest BCUT2D eigenvalue weighted by Gasteiger charge is 2.19. The van der Waals surface area contributed by atoms with Crippen LogP contribution in [0.15, 0.2) is 49.3 Å². The first-order chi connectivity index (χ1) is 14.0. The van der Waals surface area contributed by atoms with Crippen LogP contribution < -0.4 is 4.74 Å². The maximum Gasteiger partial charge on any atom is 0.254 e. The second-order valence-electron chi connectivity index (χ2n) is 6.65. The number of ether oxygens (including phenoxy) is 1. The Kier molecular flexibility index (Phi) is 4.90. The number of halogens is 1. The SMILES string of the molecule is COc1ccncc1-c1c[nH]c2ncc(-c3cncc(C(=O)N(C)C)c3)c(Cl)c12. The molecule has 7 nitrogen and oxygen atoms in total. The number of aromatic nitrogens is 4. The predicted octanol–water partition coefficient (Wildman–Crippen LogP) is 4.05. The number of amides is 1. The molecule has 0 radical (unpaired) electrons. The Morgan fingerprint density at radius 1 is 1.10 bits per heavy atom. The minimum Gasteiger partial charge on any atom is -0.496 e. The zero-order valence-electron chi connectivity index (χ0n) is 16.1. The van der Waals surface area contributed by atoms with E-state index in [-0.39, 0.29) is 5.91 Å². The lowest BCUT2D eigenvalue weighted by Gasteiger charge is -2.12. The van der Waals surface area contributed by atoms with Gasteiger partial charge in [0.2, 0.25) is 0 Å². The van der Waals surface area contributed by atoms with E-state index in [2.05, 4.69) is 19.9 Å². The van der Waals surface area contributed by atoms with Crippen molar-refractivity contribution in [3.05, 3.63) is 59.9 Å². The average Bonchev–Trinajstić information content (AvgIpc) is 3.18. The van der Waals surface area contributed by atoms with Gasteiger partial charge in [0.15, 0.2) is 0 Å². The summed E-state index contributed by atoms with van der Waals surface area (Å²) in [4.78, 5) is 29.9. The van der Waals surface area contributed by atoms with Gasteiger partial charge < -0.3 is 14.6 Å². The van der Waals surface area contributed by atoms with Crippen LogP contribution in [0, 0.1) is 0 Å². The van der Waals surface area contributed by atoms with Crippen molar-refractivity contribution in [3.63, 3.8) is 0 Å². The van der Waals surface area contributed by atoms with E-state index in [0.29, 0.717) is 33.1 Å². The summed E-state index contributed by atoms with van der Waals surface area (Å²) in [7, 11) is 5.00. The third kappa shape index (κ3) is 3.30. The summed E-state index contributed by atoms with van der Waals surface area (Å²) in [6, 6.07) is 3.56. The fourth-order valence-corrected chi connectivity index (χ4v) is 3.54. The predicted molar refractivity (Wildman–Crippen MR) is 112 cm³/mol. The zero-order chi connectivity index (χ0) is 20.5. The number of aromatic amines is 1. The molecule has 0 atom stereocenters. The Hall–Kier alpha value is -3.45. The number of nitrogens with zero attached hydrogens (tertiary/aromatic N) is 4. The molecule has 4 heterocycles. The van der Waals surface area contributed by atoms with Gasteiger partial charge in [0.25, 0.3) is 5.91 Å². The van der Waals surface area contributed by atoms with Gasteiger partial charge in [-0.1, -0.05) is 11.6 Å². The van der Waals surface area contributed by atoms with Gasteiger partial charge in [-0.05, 0) is 12.1 Å². The van der Waals surface area contributed by atoms with Gasteiger partial charge in [-0.3, -0.25) is 14.8 Å². The summed E-state index contributed by atoms with van der Waals surface area (Å²) >= 11 is 6.82. The van der Waals surface area contributed by atoms with Crippen molar-refractivity contribution in [2.45, 2.75) is 0 Å². The van der Waals surface area contributed by atoms with Gasteiger partial charge >= 0.3 is 0 Å². The van der Waals surface area contributed by atoms with Gasteiger partial charge in [-0.15, -0.1) is 0 Å². The summed E-state index contributed by atoms with van der Waals surface area (Å²) in [6.07, 6.45) is 10.1. The normalized spacial score (nSPS) is 10.9. The summed E-state index contributed by atoms with van der Waals surface area (Å²) in [5.74, 6) is 0.551. The lowest BCUT2D eigenvalue weighted by molar-refractivity contribution is 0.0827. The van der Waals surface area contributed by atoms with Crippen LogP contribution in [0.1, 0.15) is 10.4 Å². The van der Waals surface area contributed by atoms with Crippen LogP contribution in [0.4, 0.5) is 0 Å². The maximum absolute atomic E-state index is 12.3. The van der Waals surface area contributed by atoms with Gasteiger partial charge in [0.1, 0.15) is 11.4 Å². The lowest BCUT2D eigenvalue weighted by atomic mass is 10.0. The molecular weight excluding hydrogens is 390 g/mol. The number of rotatable bonds is 4. The maximum atomic E-state index is 12.3. The van der Waals surface area contributed by atoms with Gasteiger partial charge in [-0.25, -0.2) is 4.98 Å². The summed E-state index contributed by atoms with van der Waals surface area (Å²) < 4.78 is 5.47. The number of methoxy groups -OCH3 is 1. The van der Waals surface area contributed by atoms with Gasteiger partial charge in [0.05, 0.1) is 17.7 Å². The Bertz CT molecular complexity index is 1220. The van der Waals surface area contributed by atoms with Crippen LogP contribution in [0.25, 0.3) is 33.3 Å². The van der Waals surface area contributed by atoms with Gasteiger partial charge in [-0.2, -0.15) is 0 Å². The first-order valence-corrected chi connectivity index (χ1v) is 9.20. The highest BCUT2D eigenvalue weighted by Crippen LogP contribution is 2.40. The fraction of sp³-hybridized carbons (Fsp3) is 0.143. The minimum atomic E-state index is -0.132. The van der Waals surface area contributed by atoms with E-state index >= 15 is 0 Å². The van der Waals surface area contributed by atoms with Crippen LogP contribution in [-0.2, 0) is 0 Å². The van der Waals surface area contributed by atoms with Crippen molar-refractivity contribution in [1.29, 1.82) is 0 Å². The second kappa shape index (κ2) is 7.52. The highest BCUT2D eigenvalue weighted by atomic mass is 35.5. The van der Waals surface area contributed by atoms with Crippen molar-refractivity contribution in [1.82, 2.24) is 24.8 Å². The molecule has 0 spiro atoms. The molecule has 0 aliphatic heterocycles. The molecule has 29 heavy (non-hydrogen) atoms. The van der Waals surface area contributed by atoms with E-state index in [4.69, 9.17) is 16.3 Å². The van der Waals surface area contributed by atoms with Crippen LogP contribution >= 0.6 is 11.6 Å². The van der Waals surface area contributed by atoms with Crippen LogP contribution in [0.5, 0.6) is 5.75 Å². The molecule has 1 N–H and O–H groups in total. The number of hydrogen-bond donors (Lipinski definition) is 1. The summed E-state index contributed by atoms with van der Waals surface area (Å²) in [5.41, 5.74) is 4.15. The average molecular weight is 408 g/mol. The quantitative estimate of drug-likeness (QED) is 0.551. The fourth-order valence-electron chi connectivity index (χ4n) is 3.19. The molecular formula is C21H18ClN5O2. The molecule has 0 aliphatic rings. The lowest BCUT2D eigenvalue weighted by Crippen LogP contribution is -2.21. The van der Waals surface area contributed by atoms with E-state index in [9.17, 15) is 4.79 Å². The van der Waals surface area contributed by atoms with Crippen molar-refractivity contribution in [2.24, 2.45) is 0 Å². The van der Waals surface area contributed by atoms with Crippen LogP contribution in [-0.4, -0.2) is 51.9 Å². The molecule has 0 fully saturated rings. The van der Waals surface area contributed by atoms with Crippen LogP contribution in [0.3, 0.4) is 0 Å². The summed E-state index contributed by atoms with van der Waals surface area (Å²) in [5, 5.41) is 1.26. The molecule has 4 aromatic heterocycles. The van der Waals surface area contributed by atoms with E-state index in [1.807, 2.05) is 6.20 Å². The Balaban J connectivity index is 1.90. The standard InChI is InChI=1S/C21H18ClN5O2/c1-27(2)21(28)13-6-12(7-24-8-13)14-10-25-20-18(19(14)22)16(11-26-20)15-9-23-5-4-17(15)29-3/h4-11H,1-3H3,(H,25,26). The first-order valence-electron chi connectivity index (χ1n) is 8.82. The third-order valence-electron chi connectivity index (χ3n) is 4.63. The van der Waals surface area contributed by atoms with Crippen molar-refractivity contribution in [3.8, 4) is 28.0 Å². The molecule has 4 aromatic rings. The first kappa shape index (κ1) is 18.9. The molecule has 0 aliphatic carbocycles. The summed E-state index contributed by atoms with van der Waals surface area (Å²) in [6.45, 7) is 0. The van der Waals surface area contributed by atoms with Gasteiger partial charge in [0, 0.05) is 78.9 Å². The number of hydrogen-bond acceptors (Lipinski definition) is 5. The number of carbonyl (C=O) groups is 1. The Morgan fingerprint density at radius 2 is 1.93 bits per heavy atom. The molecule has 1 amide bonds. The Labute approximate surface area is 172 Å². The number of carbonyl (C=O) groups excluding carboxylic acids is 1. The molecule has 8 heteroatoms. The third-order valence-corrected chi connectivity index (χ3v) is 5.02. The number of H-pyrrole nitrogens is 1. The molecule has 0 aromatic carbocycles. The molecule has 4 rings (SSSR count). The molecule has 0 saturated carbocycles. The topological polar surface area (TPSA) is 84.0 Å². The molecule has 0 bridgehead atoms. The largest absolute Gasteiger partial charge is 0.496 e. The van der Waals surface area contributed by atoms with Crippen molar-refractivity contribution >= 4 is 28.5 Å². The van der Waals surface area contributed by atoms with Crippen molar-refractivity contribution in [2.75, 3.05) is 21.2 Å². The van der Waals surface area contributed by atoms with E-state index in [1.54, 1.807) is 58.1 Å². The zero-order valence-corrected chi connectivity index (χ0v) is 16.9. The smallest absolute Gasteiger partial charge is 0.254 e. The van der Waals surface area contributed by atoms with E-state index in [0.717, 1.165) is 16.5 Å². The molecule has 0 unspecified atom stereocenters. The van der Waals surface area contributed by atoms with E-state index < -0.39 is 0 Å². The van der Waals surface area contributed by atoms with Crippen molar-refractivity contribution < 1.29 is 9.53 Å². The minimum absolute atomic E-state index is 0.132. The van der Waals surface area contributed by atoms with Crippen LogP contribution in [0.2, 0.25) is 5.02 Å². The molecule has 0 saturated heterocycles. The van der Waals surface area contributed by atoms with E-state index in [1.165, 1.54) is 11.1 Å². The Morgan fingerprint density at radius 3 is 2.69 bits per heavy atom. The molecule has 146 valence electrons. The monoisotopic (exact) mass is 407 g/mol. The second-order valence-corrected chi connectivity index (χ2v) is 7.03. The highest BCUT2D eigenvalue weighted by molar-refractivity contribution is 6.39.